The van der Waals surface area contributed by atoms with E-state index in [0.717, 1.165) is 19.4 Å². The molecule has 0 aromatic heterocycles. The zero-order chi connectivity index (χ0) is 13.2. The van der Waals surface area contributed by atoms with Gasteiger partial charge in [0.2, 0.25) is 4.71 Å². The van der Waals surface area contributed by atoms with Crippen LogP contribution in [0.15, 0.2) is 0 Å². The fourth-order valence-corrected chi connectivity index (χ4v) is 6.13. The van der Waals surface area contributed by atoms with Crippen LogP contribution < -0.4 is 21.1 Å². The van der Waals surface area contributed by atoms with Crippen LogP contribution in [-0.2, 0) is 0 Å². The van der Waals surface area contributed by atoms with E-state index < -0.39 is 0 Å². The number of hydrogen-bond acceptors (Lipinski definition) is 4. The number of rotatable bonds is 2. The smallest absolute Gasteiger partial charge is 0.317 e. The van der Waals surface area contributed by atoms with Crippen molar-refractivity contribution < 1.29 is 9.80 Å². The summed E-state index contributed by atoms with van der Waals surface area (Å²) >= 11 is 3.81. The van der Waals surface area contributed by atoms with Crippen LogP contribution in [0.1, 0.15) is 39.0 Å². The average Bonchev–Trinajstić information content (AvgIpc) is 2.86. The summed E-state index contributed by atoms with van der Waals surface area (Å²) in [5.74, 6) is 0. The molecule has 19 heavy (non-hydrogen) atoms. The topological polar surface area (TPSA) is 57.6 Å². The Kier molecular flexibility index (Phi) is 4.46. The summed E-state index contributed by atoms with van der Waals surface area (Å²) in [5, 5.41) is 8.24. The summed E-state index contributed by atoms with van der Waals surface area (Å²) in [6.45, 7) is 3.39. The molecule has 0 bridgehead atoms. The molecule has 5 nitrogen and oxygen atoms in total. The van der Waals surface area contributed by atoms with Gasteiger partial charge in [0, 0.05) is 6.04 Å². The second-order valence-electron chi connectivity index (χ2n) is 5.62. The van der Waals surface area contributed by atoms with Crippen molar-refractivity contribution in [1.82, 2.24) is 16.1 Å². The molecule has 2 heterocycles. The highest BCUT2D eigenvalue weighted by Crippen LogP contribution is 2.30. The summed E-state index contributed by atoms with van der Waals surface area (Å²) in [5.41, 5.74) is 3.48. The molecular formula is C12H23N4OS2+. The summed E-state index contributed by atoms with van der Waals surface area (Å²) < 4.78 is 0.523. The molecule has 2 saturated heterocycles. The number of hydrogen-bond donors (Lipinski definition) is 4. The van der Waals surface area contributed by atoms with Crippen LogP contribution in [0.25, 0.3) is 0 Å². The summed E-state index contributed by atoms with van der Waals surface area (Å²) in [6.07, 6.45) is 6.07. The molecule has 1 aliphatic carbocycles. The molecule has 3 aliphatic rings. The van der Waals surface area contributed by atoms with Gasteiger partial charge in [-0.25, -0.2) is 9.80 Å². The standard InChI is InChI=1S/C12H22N4OS2/c1-8-7-16-12(18-8)19-11(15-16)14-10(17)13-9-5-3-2-4-6-9/h8-9,11-12,15H,2-7H2,1H3,(H2,13,14,17)/p+1. The summed E-state index contributed by atoms with van der Waals surface area (Å²) in [4.78, 5) is 12.0. The van der Waals surface area contributed by atoms with Gasteiger partial charge >= 0.3 is 6.03 Å². The summed E-state index contributed by atoms with van der Waals surface area (Å²) in [7, 11) is 0. The van der Waals surface area contributed by atoms with E-state index in [0.29, 0.717) is 16.0 Å². The Morgan fingerprint density at radius 1 is 1.21 bits per heavy atom. The lowest BCUT2D eigenvalue weighted by atomic mass is 9.96. The number of fused-ring (bicyclic) bond motifs is 1. The van der Waals surface area contributed by atoms with E-state index in [1.54, 1.807) is 0 Å². The average molecular weight is 303 g/mol. The highest BCUT2D eigenvalue weighted by molar-refractivity contribution is 8.17. The Bertz CT molecular complexity index is 324. The van der Waals surface area contributed by atoms with Gasteiger partial charge in [0.15, 0.2) is 5.50 Å². The van der Waals surface area contributed by atoms with Crippen LogP contribution >= 0.6 is 23.5 Å². The van der Waals surface area contributed by atoms with E-state index >= 15 is 0 Å². The van der Waals surface area contributed by atoms with Crippen molar-refractivity contribution in [3.8, 4) is 0 Å². The molecule has 3 rings (SSSR count). The molecule has 0 radical (unpaired) electrons. The maximum atomic E-state index is 12.0. The van der Waals surface area contributed by atoms with Crippen LogP contribution in [0.5, 0.6) is 0 Å². The van der Waals surface area contributed by atoms with E-state index in [-0.39, 0.29) is 11.5 Å². The van der Waals surface area contributed by atoms with Crippen molar-refractivity contribution in [1.29, 1.82) is 0 Å². The Labute approximate surface area is 123 Å². The van der Waals surface area contributed by atoms with Crippen LogP contribution in [0.2, 0.25) is 0 Å². The molecular weight excluding hydrogens is 280 g/mol. The molecule has 7 heteroatoms. The van der Waals surface area contributed by atoms with Crippen molar-refractivity contribution >= 4 is 29.6 Å². The Morgan fingerprint density at radius 3 is 2.74 bits per heavy atom. The first kappa shape index (κ1) is 13.9. The monoisotopic (exact) mass is 303 g/mol. The maximum absolute atomic E-state index is 12.0. The first-order valence-electron chi connectivity index (χ1n) is 7.21. The molecule has 4 atom stereocenters. The zero-order valence-corrected chi connectivity index (χ0v) is 12.9. The van der Waals surface area contributed by atoms with E-state index in [4.69, 9.17) is 0 Å². The van der Waals surface area contributed by atoms with E-state index in [2.05, 4.69) is 23.0 Å². The number of quaternary nitrogens is 1. The highest BCUT2D eigenvalue weighted by atomic mass is 32.2. The normalized spacial score (nSPS) is 39.0. The predicted molar refractivity (Wildman–Crippen MR) is 79.7 cm³/mol. The van der Waals surface area contributed by atoms with Gasteiger partial charge in [0.1, 0.15) is 6.54 Å². The van der Waals surface area contributed by atoms with Crippen molar-refractivity contribution in [3.05, 3.63) is 0 Å². The van der Waals surface area contributed by atoms with Crippen LogP contribution in [0.3, 0.4) is 0 Å². The highest BCUT2D eigenvalue weighted by Gasteiger charge is 2.44. The molecule has 3 fully saturated rings. The van der Waals surface area contributed by atoms with Gasteiger partial charge in [0.05, 0.1) is 5.25 Å². The lowest BCUT2D eigenvalue weighted by Crippen LogP contribution is -3.18. The molecule has 1 saturated carbocycles. The lowest BCUT2D eigenvalue weighted by Gasteiger charge is -2.23. The number of thioether (sulfide) groups is 2. The van der Waals surface area contributed by atoms with Gasteiger partial charge in [0.25, 0.3) is 0 Å². The minimum atomic E-state index is -0.0180. The lowest BCUT2D eigenvalue weighted by molar-refractivity contribution is -0.932. The number of carbonyl (C=O) groups is 1. The van der Waals surface area contributed by atoms with Crippen molar-refractivity contribution in [2.24, 2.45) is 0 Å². The van der Waals surface area contributed by atoms with Crippen molar-refractivity contribution in [2.45, 2.75) is 60.5 Å². The fourth-order valence-electron chi connectivity index (χ4n) is 2.98. The molecule has 108 valence electrons. The molecule has 4 unspecified atom stereocenters. The second-order valence-corrected chi connectivity index (χ2v) is 8.68. The van der Waals surface area contributed by atoms with Crippen LogP contribution in [-0.4, -0.2) is 34.1 Å². The number of amides is 2. The largest absolute Gasteiger partial charge is 0.335 e. The number of nitrogens with one attached hydrogen (secondary N) is 4. The third kappa shape index (κ3) is 3.51. The number of urea groups is 1. The molecule has 0 aromatic rings. The van der Waals surface area contributed by atoms with Gasteiger partial charge in [-0.2, -0.15) is 0 Å². The zero-order valence-electron chi connectivity index (χ0n) is 11.3. The van der Waals surface area contributed by atoms with Gasteiger partial charge in [-0.1, -0.05) is 31.0 Å². The SMILES string of the molecule is CC1C[NH+]2NC(NC(=O)NC3CCCCC3)SC2S1. The second kappa shape index (κ2) is 6.11. The molecule has 4 N–H and O–H groups in total. The molecule has 0 spiro atoms. The van der Waals surface area contributed by atoms with Gasteiger partial charge in [-0.3, -0.25) is 0 Å². The van der Waals surface area contributed by atoms with Crippen LogP contribution in [0.4, 0.5) is 4.79 Å². The van der Waals surface area contributed by atoms with E-state index in [1.165, 1.54) is 24.3 Å². The van der Waals surface area contributed by atoms with Gasteiger partial charge in [-0.15, -0.1) is 5.43 Å². The Hall–Kier alpha value is -0.110. The third-order valence-corrected chi connectivity index (χ3v) is 6.80. The minimum Gasteiger partial charge on any atom is -0.335 e. The first-order valence-corrected chi connectivity index (χ1v) is 9.09. The third-order valence-electron chi connectivity index (χ3n) is 3.93. The predicted octanol–water partition coefficient (Wildman–Crippen LogP) is 0.457. The Balaban J connectivity index is 1.41. The Morgan fingerprint density at radius 2 is 2.00 bits per heavy atom. The molecule has 0 aromatic carbocycles. The molecule has 2 amide bonds. The van der Waals surface area contributed by atoms with Crippen molar-refractivity contribution in [3.63, 3.8) is 0 Å². The maximum Gasteiger partial charge on any atom is 0.317 e. The van der Waals surface area contributed by atoms with E-state index in [1.807, 2.05) is 23.5 Å². The van der Waals surface area contributed by atoms with Gasteiger partial charge in [-0.05, 0) is 31.5 Å². The van der Waals surface area contributed by atoms with E-state index in [9.17, 15) is 4.79 Å². The summed E-state index contributed by atoms with van der Waals surface area (Å²) in [6, 6.07) is 0.359. The first-order chi connectivity index (χ1) is 9.20. The van der Waals surface area contributed by atoms with Crippen molar-refractivity contribution in [2.75, 3.05) is 6.54 Å². The molecule has 2 aliphatic heterocycles. The number of carbonyl (C=O) groups excluding carboxylic acids is 1. The minimum absolute atomic E-state index is 0.0180. The fraction of sp³-hybridized carbons (Fsp3) is 0.917. The quantitative estimate of drug-likeness (QED) is 0.599. The van der Waals surface area contributed by atoms with Gasteiger partial charge < -0.3 is 10.6 Å². The van der Waals surface area contributed by atoms with Crippen LogP contribution in [0, 0.1) is 0 Å².